The highest BCUT2D eigenvalue weighted by molar-refractivity contribution is 7.89. The fourth-order valence-electron chi connectivity index (χ4n) is 2.23. The summed E-state index contributed by atoms with van der Waals surface area (Å²) in [5.41, 5.74) is 0.990. The highest BCUT2D eigenvalue weighted by Crippen LogP contribution is 2.11. The monoisotopic (exact) mass is 366 g/mol. The van der Waals surface area contributed by atoms with Gasteiger partial charge in [-0.2, -0.15) is 0 Å². The molecule has 1 heterocycles. The summed E-state index contributed by atoms with van der Waals surface area (Å²) in [5, 5.41) is 4.90. The van der Waals surface area contributed by atoms with E-state index in [1.54, 1.807) is 42.5 Å². The molecule has 1 amide bonds. The molecule has 0 aliphatic rings. The molecule has 0 aliphatic carbocycles. The van der Waals surface area contributed by atoms with Crippen molar-refractivity contribution in [2.45, 2.75) is 31.1 Å². The Morgan fingerprint density at radius 1 is 1.12 bits per heavy atom. The average molecular weight is 367 g/mol. The van der Waals surface area contributed by atoms with Crippen LogP contribution in [-0.2, 0) is 27.7 Å². The lowest BCUT2D eigenvalue weighted by Gasteiger charge is -2.07. The predicted octanol–water partition coefficient (Wildman–Crippen LogP) is 2.34. The Morgan fingerprint density at radius 3 is 2.50 bits per heavy atom. The van der Waals surface area contributed by atoms with Crippen LogP contribution >= 0.6 is 11.3 Å². The summed E-state index contributed by atoms with van der Waals surface area (Å²) < 4.78 is 26.2. The second kappa shape index (κ2) is 8.96. The van der Waals surface area contributed by atoms with Crippen molar-refractivity contribution in [2.24, 2.45) is 0 Å². The minimum absolute atomic E-state index is 0.0368. The first kappa shape index (κ1) is 18.6. The standard InChI is InChI=1S/C17H22N2O3S2/c1-2-19-24(21,22)16-8-5-14(6-9-16)11-12-18-17(20)10-7-15-4-3-13-23-15/h3-6,8-9,13,19H,2,7,10-12H2,1H3,(H,18,20). The quantitative estimate of drug-likeness (QED) is 0.715. The van der Waals surface area contributed by atoms with Gasteiger partial charge in [0.25, 0.3) is 0 Å². The van der Waals surface area contributed by atoms with E-state index in [4.69, 9.17) is 0 Å². The van der Waals surface area contributed by atoms with Gasteiger partial charge >= 0.3 is 0 Å². The maximum Gasteiger partial charge on any atom is 0.240 e. The zero-order valence-corrected chi connectivity index (χ0v) is 15.3. The van der Waals surface area contributed by atoms with Gasteiger partial charge in [0.2, 0.25) is 15.9 Å². The Bertz CT molecular complexity index is 739. The first-order valence-corrected chi connectivity index (χ1v) is 10.2. The maximum absolute atomic E-state index is 11.8. The van der Waals surface area contributed by atoms with Gasteiger partial charge in [-0.3, -0.25) is 4.79 Å². The second-order valence-corrected chi connectivity index (χ2v) is 8.12. The summed E-state index contributed by atoms with van der Waals surface area (Å²) in [4.78, 5) is 13.3. The van der Waals surface area contributed by atoms with Crippen LogP contribution in [0.1, 0.15) is 23.8 Å². The lowest BCUT2D eigenvalue weighted by atomic mass is 10.1. The molecule has 0 saturated carbocycles. The molecule has 130 valence electrons. The van der Waals surface area contributed by atoms with Crippen molar-refractivity contribution in [3.05, 3.63) is 52.2 Å². The number of thiophene rings is 1. The first-order valence-electron chi connectivity index (χ1n) is 7.89. The lowest BCUT2D eigenvalue weighted by molar-refractivity contribution is -0.121. The fraction of sp³-hybridized carbons (Fsp3) is 0.353. The molecular weight excluding hydrogens is 344 g/mol. The van der Waals surface area contributed by atoms with Gasteiger partial charge in [0.15, 0.2) is 0 Å². The Labute approximate surface area is 147 Å². The van der Waals surface area contributed by atoms with Gasteiger partial charge in [-0.15, -0.1) is 11.3 Å². The number of sulfonamides is 1. The predicted molar refractivity (Wildman–Crippen MR) is 96.7 cm³/mol. The van der Waals surface area contributed by atoms with E-state index in [9.17, 15) is 13.2 Å². The van der Waals surface area contributed by atoms with Gasteiger partial charge in [-0.25, -0.2) is 13.1 Å². The van der Waals surface area contributed by atoms with E-state index in [1.807, 2.05) is 17.5 Å². The number of nitrogens with one attached hydrogen (secondary N) is 2. The van der Waals surface area contributed by atoms with E-state index in [2.05, 4.69) is 10.0 Å². The topological polar surface area (TPSA) is 75.3 Å². The van der Waals surface area contributed by atoms with Crippen LogP contribution in [0.3, 0.4) is 0 Å². The summed E-state index contributed by atoms with van der Waals surface area (Å²) in [7, 11) is -3.41. The largest absolute Gasteiger partial charge is 0.356 e. The molecule has 0 spiro atoms. The number of aryl methyl sites for hydroxylation is 1. The van der Waals surface area contributed by atoms with Crippen molar-refractivity contribution in [3.8, 4) is 0 Å². The molecule has 5 nitrogen and oxygen atoms in total. The molecule has 0 fully saturated rings. The van der Waals surface area contributed by atoms with Gasteiger partial charge in [0, 0.05) is 24.4 Å². The van der Waals surface area contributed by atoms with Crippen LogP contribution in [0, 0.1) is 0 Å². The molecule has 2 N–H and O–H groups in total. The van der Waals surface area contributed by atoms with Crippen molar-refractivity contribution >= 4 is 27.3 Å². The van der Waals surface area contributed by atoms with Crippen LogP contribution < -0.4 is 10.0 Å². The van der Waals surface area contributed by atoms with Crippen molar-refractivity contribution < 1.29 is 13.2 Å². The van der Waals surface area contributed by atoms with E-state index in [0.29, 0.717) is 25.9 Å². The van der Waals surface area contributed by atoms with E-state index in [1.165, 1.54) is 4.88 Å². The molecule has 2 aromatic rings. The lowest BCUT2D eigenvalue weighted by Crippen LogP contribution is -2.26. The van der Waals surface area contributed by atoms with Gasteiger partial charge in [-0.1, -0.05) is 25.1 Å². The van der Waals surface area contributed by atoms with E-state index in [0.717, 1.165) is 12.0 Å². The second-order valence-electron chi connectivity index (χ2n) is 5.32. The van der Waals surface area contributed by atoms with E-state index in [-0.39, 0.29) is 10.8 Å². The van der Waals surface area contributed by atoms with Crippen molar-refractivity contribution in [3.63, 3.8) is 0 Å². The zero-order chi connectivity index (χ0) is 17.4. The Hall–Kier alpha value is -1.70. The van der Waals surface area contributed by atoms with Crippen LogP contribution in [0.2, 0.25) is 0 Å². The molecule has 0 radical (unpaired) electrons. The smallest absolute Gasteiger partial charge is 0.240 e. The van der Waals surface area contributed by atoms with Gasteiger partial charge in [0.1, 0.15) is 0 Å². The maximum atomic E-state index is 11.8. The van der Waals surface area contributed by atoms with Crippen LogP contribution in [-0.4, -0.2) is 27.4 Å². The van der Waals surface area contributed by atoms with Gasteiger partial charge < -0.3 is 5.32 Å². The summed E-state index contributed by atoms with van der Waals surface area (Å²) in [6, 6.07) is 10.8. The summed E-state index contributed by atoms with van der Waals surface area (Å²) in [6.07, 6.45) is 1.92. The van der Waals surface area contributed by atoms with E-state index < -0.39 is 10.0 Å². The number of benzene rings is 1. The van der Waals surface area contributed by atoms with Crippen LogP contribution in [0.5, 0.6) is 0 Å². The highest BCUT2D eigenvalue weighted by Gasteiger charge is 2.11. The molecule has 0 atom stereocenters. The molecule has 0 aliphatic heterocycles. The number of hydrogen-bond acceptors (Lipinski definition) is 4. The minimum Gasteiger partial charge on any atom is -0.356 e. The number of hydrogen-bond donors (Lipinski definition) is 2. The molecule has 24 heavy (non-hydrogen) atoms. The van der Waals surface area contributed by atoms with E-state index >= 15 is 0 Å². The third kappa shape index (κ3) is 5.74. The Morgan fingerprint density at radius 2 is 1.88 bits per heavy atom. The zero-order valence-electron chi connectivity index (χ0n) is 13.6. The fourth-order valence-corrected chi connectivity index (χ4v) is 3.98. The number of carbonyl (C=O) groups is 1. The Balaban J connectivity index is 1.75. The number of rotatable bonds is 9. The van der Waals surface area contributed by atoms with Crippen LogP contribution in [0.4, 0.5) is 0 Å². The summed E-state index contributed by atoms with van der Waals surface area (Å²) in [6.45, 7) is 2.65. The molecule has 1 aromatic heterocycles. The third-order valence-corrected chi connectivity index (χ3v) is 5.98. The molecule has 1 aromatic carbocycles. The van der Waals surface area contributed by atoms with Crippen molar-refractivity contribution in [1.29, 1.82) is 0 Å². The van der Waals surface area contributed by atoms with Crippen LogP contribution in [0.15, 0.2) is 46.7 Å². The third-order valence-electron chi connectivity index (χ3n) is 3.48. The normalized spacial score (nSPS) is 11.4. The number of carbonyl (C=O) groups excluding carboxylic acids is 1. The van der Waals surface area contributed by atoms with Crippen LogP contribution in [0.25, 0.3) is 0 Å². The SMILES string of the molecule is CCNS(=O)(=O)c1ccc(CCNC(=O)CCc2cccs2)cc1. The summed E-state index contributed by atoms with van der Waals surface area (Å²) in [5.74, 6) is 0.0368. The molecule has 0 unspecified atom stereocenters. The molecule has 7 heteroatoms. The van der Waals surface area contributed by atoms with Gasteiger partial charge in [-0.05, 0) is 42.0 Å². The molecular formula is C17H22N2O3S2. The van der Waals surface area contributed by atoms with Gasteiger partial charge in [0.05, 0.1) is 4.90 Å². The summed E-state index contributed by atoms with van der Waals surface area (Å²) >= 11 is 1.66. The molecule has 0 saturated heterocycles. The molecule has 0 bridgehead atoms. The number of amides is 1. The van der Waals surface area contributed by atoms with Crippen molar-refractivity contribution in [2.75, 3.05) is 13.1 Å². The highest BCUT2D eigenvalue weighted by atomic mass is 32.2. The first-order chi connectivity index (χ1) is 11.5. The Kier molecular flexibility index (Phi) is 6.96. The molecule has 2 rings (SSSR count). The van der Waals surface area contributed by atoms with Crippen molar-refractivity contribution in [1.82, 2.24) is 10.0 Å². The average Bonchev–Trinajstić information content (AvgIpc) is 3.07. The minimum atomic E-state index is -3.41.